The molecule has 262 valence electrons. The smallest absolute Gasteiger partial charge is 0.326 e. The Hall–Kier alpha value is -4.91. The highest BCUT2D eigenvalue weighted by atomic mass is 16.5. The standard InChI is InChI=1S/C45H50N4O2/c50-44(46-40-24-11-4-12-25-40)49(42-27-16-28-43(34-42)51-32-31-48-29-13-14-30-48)35-36-17-15-26-41(33-36)47-45(37-18-5-1-6-19-37,38-20-7-2-8-21-38)39-22-9-3-10-23-39/h1-12,16,18-25,27-28,34,36,41,47H,13-15,17,26,29-33,35H2,(H,46,50)/t36-,41+/m1/s1. The summed E-state index contributed by atoms with van der Waals surface area (Å²) < 4.78 is 6.23. The van der Waals surface area contributed by atoms with E-state index in [2.05, 4.69) is 107 Å². The number of benzene rings is 5. The number of amides is 2. The molecule has 6 heteroatoms. The van der Waals surface area contributed by atoms with E-state index in [9.17, 15) is 4.79 Å². The number of urea groups is 1. The maximum absolute atomic E-state index is 14.1. The van der Waals surface area contributed by atoms with E-state index in [1.807, 2.05) is 59.5 Å². The van der Waals surface area contributed by atoms with E-state index in [0.717, 1.165) is 62.4 Å². The molecular weight excluding hydrogens is 629 g/mol. The summed E-state index contributed by atoms with van der Waals surface area (Å²) in [5.41, 5.74) is 4.76. The Balaban J connectivity index is 1.14. The predicted molar refractivity (Wildman–Crippen MR) is 209 cm³/mol. The van der Waals surface area contributed by atoms with Crippen molar-refractivity contribution in [3.8, 4) is 5.75 Å². The summed E-state index contributed by atoms with van der Waals surface area (Å²) in [6.45, 7) is 4.48. The van der Waals surface area contributed by atoms with Crippen molar-refractivity contribution in [3.63, 3.8) is 0 Å². The van der Waals surface area contributed by atoms with E-state index in [1.165, 1.54) is 29.5 Å². The number of anilines is 2. The highest BCUT2D eigenvalue weighted by Gasteiger charge is 2.39. The van der Waals surface area contributed by atoms with Gasteiger partial charge in [-0.05, 0) is 92.1 Å². The average Bonchev–Trinajstić information content (AvgIpc) is 3.71. The molecular formula is C45H50N4O2. The van der Waals surface area contributed by atoms with Gasteiger partial charge >= 0.3 is 6.03 Å². The summed E-state index contributed by atoms with van der Waals surface area (Å²) in [4.78, 5) is 18.5. The van der Waals surface area contributed by atoms with Gasteiger partial charge in [0.05, 0.1) is 5.54 Å². The van der Waals surface area contributed by atoms with E-state index in [-0.39, 0.29) is 12.1 Å². The molecule has 1 aliphatic heterocycles. The fourth-order valence-corrected chi connectivity index (χ4v) is 8.02. The van der Waals surface area contributed by atoms with Crippen LogP contribution in [0.5, 0.6) is 5.75 Å². The van der Waals surface area contributed by atoms with Gasteiger partial charge in [0.2, 0.25) is 0 Å². The van der Waals surface area contributed by atoms with Gasteiger partial charge in [0.15, 0.2) is 0 Å². The number of nitrogens with one attached hydrogen (secondary N) is 2. The zero-order chi connectivity index (χ0) is 34.7. The molecule has 5 aromatic carbocycles. The van der Waals surface area contributed by atoms with Gasteiger partial charge in [-0.3, -0.25) is 15.1 Å². The van der Waals surface area contributed by atoms with Crippen molar-refractivity contribution in [3.05, 3.63) is 162 Å². The average molecular weight is 679 g/mol. The van der Waals surface area contributed by atoms with Crippen LogP contribution < -0.4 is 20.3 Å². The van der Waals surface area contributed by atoms with Crippen LogP contribution in [0.3, 0.4) is 0 Å². The SMILES string of the molecule is O=C(Nc1ccccc1)N(C[C@@H]1CCC[C@H](NC(c2ccccc2)(c2ccccc2)c2ccccc2)C1)c1cccc(OCCN2CCCC2)c1. The minimum absolute atomic E-state index is 0.127. The highest BCUT2D eigenvalue weighted by Crippen LogP contribution is 2.39. The van der Waals surface area contributed by atoms with Crippen molar-refractivity contribution in [2.24, 2.45) is 5.92 Å². The Labute approximate surface area is 303 Å². The number of nitrogens with zero attached hydrogens (tertiary/aromatic N) is 2. The lowest BCUT2D eigenvalue weighted by atomic mass is 9.75. The van der Waals surface area contributed by atoms with Crippen LogP contribution in [0.25, 0.3) is 0 Å². The molecule has 0 aromatic heterocycles. The van der Waals surface area contributed by atoms with E-state index in [4.69, 9.17) is 4.74 Å². The van der Waals surface area contributed by atoms with Crippen LogP contribution >= 0.6 is 0 Å². The fourth-order valence-electron chi connectivity index (χ4n) is 8.02. The van der Waals surface area contributed by atoms with Crippen molar-refractivity contribution in [2.45, 2.75) is 50.1 Å². The van der Waals surface area contributed by atoms with Crippen LogP contribution in [-0.2, 0) is 5.54 Å². The van der Waals surface area contributed by atoms with Gasteiger partial charge in [0.1, 0.15) is 12.4 Å². The Kier molecular flexibility index (Phi) is 11.4. The first-order chi connectivity index (χ1) is 25.2. The Bertz CT molecular complexity index is 1700. The predicted octanol–water partition coefficient (Wildman–Crippen LogP) is 9.34. The zero-order valence-corrected chi connectivity index (χ0v) is 29.5. The molecule has 0 spiro atoms. The summed E-state index contributed by atoms with van der Waals surface area (Å²) in [5.74, 6) is 1.10. The second-order valence-corrected chi connectivity index (χ2v) is 14.0. The summed E-state index contributed by atoms with van der Waals surface area (Å²) in [5, 5.41) is 7.41. The van der Waals surface area contributed by atoms with Gasteiger partial charge in [-0.15, -0.1) is 0 Å². The lowest BCUT2D eigenvalue weighted by Gasteiger charge is -2.43. The monoisotopic (exact) mass is 678 g/mol. The topological polar surface area (TPSA) is 56.8 Å². The maximum atomic E-state index is 14.1. The number of para-hydroxylation sites is 1. The Morgan fingerprint density at radius 3 is 1.90 bits per heavy atom. The van der Waals surface area contributed by atoms with Crippen LogP contribution in [-0.4, -0.2) is 49.8 Å². The number of likely N-dealkylation sites (tertiary alicyclic amines) is 1. The van der Waals surface area contributed by atoms with E-state index >= 15 is 0 Å². The number of rotatable bonds is 13. The molecule has 5 aromatic rings. The van der Waals surface area contributed by atoms with Gasteiger partial charge in [-0.2, -0.15) is 0 Å². The first-order valence-electron chi connectivity index (χ1n) is 18.7. The van der Waals surface area contributed by atoms with Gasteiger partial charge in [-0.1, -0.05) is 122 Å². The van der Waals surface area contributed by atoms with E-state index in [1.54, 1.807) is 0 Å². The molecule has 2 atom stereocenters. The van der Waals surface area contributed by atoms with Crippen LogP contribution in [0, 0.1) is 5.92 Å². The fraction of sp³-hybridized carbons (Fsp3) is 0.311. The molecule has 7 rings (SSSR count). The second kappa shape index (κ2) is 16.9. The van der Waals surface area contributed by atoms with Crippen LogP contribution in [0.2, 0.25) is 0 Å². The normalized spacial score (nSPS) is 17.9. The zero-order valence-electron chi connectivity index (χ0n) is 29.5. The first kappa shape index (κ1) is 34.5. The van der Waals surface area contributed by atoms with Gasteiger partial charge in [0, 0.05) is 36.6 Å². The molecule has 1 saturated carbocycles. The minimum atomic E-state index is -0.526. The molecule has 2 N–H and O–H groups in total. The van der Waals surface area contributed by atoms with Gasteiger partial charge in [-0.25, -0.2) is 4.79 Å². The third kappa shape index (κ3) is 8.53. The lowest BCUT2D eigenvalue weighted by molar-refractivity contribution is 0.237. The Morgan fingerprint density at radius 1 is 0.706 bits per heavy atom. The summed E-state index contributed by atoms with van der Waals surface area (Å²) in [7, 11) is 0. The van der Waals surface area contributed by atoms with Crippen LogP contribution in [0.4, 0.5) is 16.2 Å². The number of hydrogen-bond acceptors (Lipinski definition) is 4. The highest BCUT2D eigenvalue weighted by molar-refractivity contribution is 6.01. The maximum Gasteiger partial charge on any atom is 0.326 e. The minimum Gasteiger partial charge on any atom is -0.492 e. The molecule has 0 radical (unpaired) electrons. The third-order valence-corrected chi connectivity index (χ3v) is 10.5. The second-order valence-electron chi connectivity index (χ2n) is 14.0. The number of hydrogen-bond donors (Lipinski definition) is 2. The molecule has 1 aliphatic carbocycles. The molecule has 2 aliphatic rings. The van der Waals surface area contributed by atoms with Gasteiger partial charge in [0.25, 0.3) is 0 Å². The number of carbonyl (C=O) groups excluding carboxylic acids is 1. The summed E-state index contributed by atoms with van der Waals surface area (Å²) in [6, 6.07) is 50.4. The summed E-state index contributed by atoms with van der Waals surface area (Å²) >= 11 is 0. The lowest BCUT2D eigenvalue weighted by Crippen LogP contribution is -2.52. The van der Waals surface area contributed by atoms with Gasteiger partial charge < -0.3 is 10.1 Å². The molecule has 2 amide bonds. The molecule has 6 nitrogen and oxygen atoms in total. The van der Waals surface area contributed by atoms with Crippen molar-refractivity contribution in [1.82, 2.24) is 10.2 Å². The Morgan fingerprint density at radius 2 is 1.29 bits per heavy atom. The van der Waals surface area contributed by atoms with Crippen molar-refractivity contribution in [2.75, 3.05) is 43.0 Å². The molecule has 1 heterocycles. The van der Waals surface area contributed by atoms with Crippen molar-refractivity contribution in [1.29, 1.82) is 0 Å². The quantitative estimate of drug-likeness (QED) is 0.122. The van der Waals surface area contributed by atoms with Crippen LogP contribution in [0.1, 0.15) is 55.2 Å². The van der Waals surface area contributed by atoms with E-state index in [0.29, 0.717) is 19.1 Å². The summed E-state index contributed by atoms with van der Waals surface area (Å²) in [6.07, 6.45) is 6.71. The van der Waals surface area contributed by atoms with Crippen molar-refractivity contribution < 1.29 is 9.53 Å². The van der Waals surface area contributed by atoms with E-state index < -0.39 is 5.54 Å². The number of carbonyl (C=O) groups is 1. The molecule has 51 heavy (non-hydrogen) atoms. The largest absolute Gasteiger partial charge is 0.492 e. The molecule has 1 saturated heterocycles. The van der Waals surface area contributed by atoms with Crippen LogP contribution in [0.15, 0.2) is 146 Å². The third-order valence-electron chi connectivity index (χ3n) is 10.5. The number of ether oxygens (including phenoxy) is 1. The first-order valence-corrected chi connectivity index (χ1v) is 18.7. The van der Waals surface area contributed by atoms with Crippen molar-refractivity contribution >= 4 is 17.4 Å². The molecule has 0 unspecified atom stereocenters. The molecule has 0 bridgehead atoms. The molecule has 2 fully saturated rings.